The first-order valence-electron chi connectivity index (χ1n) is 11.6. The predicted molar refractivity (Wildman–Crippen MR) is 124 cm³/mol. The summed E-state index contributed by atoms with van der Waals surface area (Å²) in [7, 11) is 1.28. The molecule has 6 heteroatoms. The lowest BCUT2D eigenvalue weighted by Gasteiger charge is -2.28. The van der Waals surface area contributed by atoms with E-state index >= 15 is 0 Å². The quantitative estimate of drug-likeness (QED) is 0.376. The molecule has 0 aliphatic heterocycles. The number of aryl methyl sites for hydroxylation is 2. The summed E-state index contributed by atoms with van der Waals surface area (Å²) in [5.74, 6) is -3.49. The Kier molecular flexibility index (Phi) is 7.57. The number of aliphatic hydroxyl groups excluding tert-OH is 1. The highest BCUT2D eigenvalue weighted by atomic mass is 19.2. The van der Waals surface area contributed by atoms with Gasteiger partial charge in [-0.2, -0.15) is 4.39 Å². The van der Waals surface area contributed by atoms with Crippen molar-refractivity contribution in [2.24, 2.45) is 5.92 Å². The molecule has 4 rings (SSSR count). The molecule has 1 fully saturated rings. The van der Waals surface area contributed by atoms with Crippen LogP contribution in [-0.2, 0) is 12.8 Å². The molecule has 0 atom stereocenters. The first-order chi connectivity index (χ1) is 16.4. The Balaban J connectivity index is 1.43. The molecule has 0 radical (unpaired) electrons. The van der Waals surface area contributed by atoms with Gasteiger partial charge >= 0.3 is 0 Å². The molecule has 180 valence electrons. The van der Waals surface area contributed by atoms with E-state index in [0.29, 0.717) is 29.5 Å². The summed E-state index contributed by atoms with van der Waals surface area (Å²) in [6.45, 7) is 0.148. The van der Waals surface area contributed by atoms with Crippen LogP contribution in [0.1, 0.15) is 48.3 Å². The fourth-order valence-electron chi connectivity index (χ4n) is 4.81. The van der Waals surface area contributed by atoms with Gasteiger partial charge in [-0.15, -0.1) is 0 Å². The van der Waals surface area contributed by atoms with E-state index in [9.17, 15) is 22.7 Å². The molecular formula is C28H28F4O2. The van der Waals surface area contributed by atoms with E-state index in [-0.39, 0.29) is 29.8 Å². The van der Waals surface area contributed by atoms with Crippen LogP contribution >= 0.6 is 0 Å². The van der Waals surface area contributed by atoms with Crippen molar-refractivity contribution in [3.05, 3.63) is 88.5 Å². The minimum atomic E-state index is -1.04. The molecule has 34 heavy (non-hydrogen) atoms. The highest BCUT2D eigenvalue weighted by molar-refractivity contribution is 5.65. The summed E-state index contributed by atoms with van der Waals surface area (Å²) in [5.41, 5.74) is 2.26. The Hall–Kier alpha value is -2.86. The molecule has 0 aromatic heterocycles. The van der Waals surface area contributed by atoms with Gasteiger partial charge in [0.1, 0.15) is 0 Å². The molecular weight excluding hydrogens is 444 g/mol. The molecule has 0 saturated heterocycles. The van der Waals surface area contributed by atoms with E-state index in [1.54, 1.807) is 36.4 Å². The summed E-state index contributed by atoms with van der Waals surface area (Å²) < 4.78 is 62.8. The maximum absolute atomic E-state index is 14.8. The van der Waals surface area contributed by atoms with Crippen LogP contribution in [0.2, 0.25) is 0 Å². The minimum Gasteiger partial charge on any atom is -0.494 e. The molecule has 2 nitrogen and oxygen atoms in total. The van der Waals surface area contributed by atoms with E-state index in [0.717, 1.165) is 31.2 Å². The summed E-state index contributed by atoms with van der Waals surface area (Å²) in [5, 5.41) is 9.28. The molecule has 3 aromatic rings. The third-order valence-corrected chi connectivity index (χ3v) is 6.95. The van der Waals surface area contributed by atoms with Gasteiger partial charge in [0.25, 0.3) is 0 Å². The second-order valence-corrected chi connectivity index (χ2v) is 8.98. The van der Waals surface area contributed by atoms with Crippen LogP contribution in [0.3, 0.4) is 0 Å². The zero-order chi connectivity index (χ0) is 24.2. The number of aliphatic hydroxyl groups is 1. The summed E-state index contributed by atoms with van der Waals surface area (Å²) in [6, 6.07) is 13.1. The van der Waals surface area contributed by atoms with Crippen LogP contribution in [0.4, 0.5) is 17.6 Å². The Morgan fingerprint density at radius 1 is 0.765 bits per heavy atom. The number of hydrogen-bond acceptors (Lipinski definition) is 2. The van der Waals surface area contributed by atoms with Gasteiger partial charge in [-0.3, -0.25) is 0 Å². The molecule has 1 aliphatic carbocycles. The maximum atomic E-state index is 14.8. The zero-order valence-corrected chi connectivity index (χ0v) is 19.1. The molecule has 1 N–H and O–H groups in total. The van der Waals surface area contributed by atoms with Crippen LogP contribution in [0.25, 0.3) is 11.1 Å². The third-order valence-electron chi connectivity index (χ3n) is 6.95. The fraction of sp³-hybridized carbons (Fsp3) is 0.357. The van der Waals surface area contributed by atoms with Crippen LogP contribution in [0.5, 0.6) is 5.75 Å². The van der Waals surface area contributed by atoms with Gasteiger partial charge in [0.2, 0.25) is 5.82 Å². The minimum absolute atomic E-state index is 0.0120. The summed E-state index contributed by atoms with van der Waals surface area (Å²) in [4.78, 5) is 0. The van der Waals surface area contributed by atoms with Crippen LogP contribution in [-0.4, -0.2) is 18.8 Å². The topological polar surface area (TPSA) is 29.5 Å². The third kappa shape index (κ3) is 4.97. The van der Waals surface area contributed by atoms with Crippen molar-refractivity contribution in [1.29, 1.82) is 0 Å². The number of rotatable bonds is 7. The van der Waals surface area contributed by atoms with E-state index in [4.69, 9.17) is 4.74 Å². The first kappa shape index (κ1) is 24.3. The Labute approximate surface area is 197 Å². The summed E-state index contributed by atoms with van der Waals surface area (Å²) >= 11 is 0. The molecule has 0 bridgehead atoms. The molecule has 0 unspecified atom stereocenters. The monoisotopic (exact) mass is 472 g/mol. The lowest BCUT2D eigenvalue weighted by atomic mass is 9.78. The molecule has 3 aromatic carbocycles. The number of hydrogen-bond donors (Lipinski definition) is 1. The van der Waals surface area contributed by atoms with E-state index in [2.05, 4.69) is 0 Å². The second-order valence-electron chi connectivity index (χ2n) is 8.98. The standard InChI is InChI=1S/C28H28F4O2/c1-34-24-15-14-23(27(31)28(24)32)19-7-2-17(3-8-19)4-11-21-12-13-22(26(30)25(21)29)20-9-5-18(16-33)6-10-20/h2-3,7-8,12-15,18,20,33H,4-6,9-11,16H2,1H3. The number of methoxy groups -OCH3 is 1. The average Bonchev–Trinajstić information content (AvgIpc) is 2.87. The second kappa shape index (κ2) is 10.6. The van der Waals surface area contributed by atoms with Crippen molar-refractivity contribution >= 4 is 0 Å². The van der Waals surface area contributed by atoms with E-state index in [1.807, 2.05) is 0 Å². The SMILES string of the molecule is COc1ccc(-c2ccc(CCc3ccc(C4CCC(CO)CC4)c(F)c3F)cc2)c(F)c1F. The Morgan fingerprint density at radius 3 is 2.12 bits per heavy atom. The van der Waals surface area contributed by atoms with Gasteiger partial charge in [-0.05, 0) is 84.7 Å². The largest absolute Gasteiger partial charge is 0.494 e. The fourth-order valence-corrected chi connectivity index (χ4v) is 4.81. The van der Waals surface area contributed by atoms with Crippen LogP contribution < -0.4 is 4.74 Å². The highest BCUT2D eigenvalue weighted by Crippen LogP contribution is 2.37. The maximum Gasteiger partial charge on any atom is 0.201 e. The van der Waals surface area contributed by atoms with Crippen molar-refractivity contribution in [3.8, 4) is 16.9 Å². The highest BCUT2D eigenvalue weighted by Gasteiger charge is 2.26. The van der Waals surface area contributed by atoms with Crippen molar-refractivity contribution in [2.45, 2.75) is 44.4 Å². The van der Waals surface area contributed by atoms with E-state index < -0.39 is 23.3 Å². The lowest BCUT2D eigenvalue weighted by Crippen LogP contribution is -2.17. The predicted octanol–water partition coefficient (Wildman–Crippen LogP) is 6.97. The lowest BCUT2D eigenvalue weighted by molar-refractivity contribution is 0.181. The number of benzene rings is 3. The van der Waals surface area contributed by atoms with Gasteiger partial charge in [-0.25, -0.2) is 13.2 Å². The van der Waals surface area contributed by atoms with Crippen molar-refractivity contribution in [3.63, 3.8) is 0 Å². The first-order valence-corrected chi connectivity index (χ1v) is 11.6. The van der Waals surface area contributed by atoms with Gasteiger partial charge in [0.05, 0.1) is 7.11 Å². The van der Waals surface area contributed by atoms with Gasteiger partial charge < -0.3 is 9.84 Å². The molecule has 0 amide bonds. The zero-order valence-electron chi connectivity index (χ0n) is 19.1. The number of halogens is 4. The smallest absolute Gasteiger partial charge is 0.201 e. The average molecular weight is 473 g/mol. The molecule has 0 heterocycles. The van der Waals surface area contributed by atoms with Gasteiger partial charge in [-0.1, -0.05) is 36.4 Å². The van der Waals surface area contributed by atoms with Crippen molar-refractivity contribution in [1.82, 2.24) is 0 Å². The van der Waals surface area contributed by atoms with Gasteiger partial charge in [0, 0.05) is 12.2 Å². The Bertz CT molecular complexity index is 1140. The molecule has 1 aliphatic rings. The molecule has 1 saturated carbocycles. The van der Waals surface area contributed by atoms with Gasteiger partial charge in [0.15, 0.2) is 23.2 Å². The molecule has 0 spiro atoms. The van der Waals surface area contributed by atoms with Crippen molar-refractivity contribution < 1.29 is 27.4 Å². The summed E-state index contributed by atoms with van der Waals surface area (Å²) in [6.07, 6.45) is 3.97. The van der Waals surface area contributed by atoms with Crippen molar-refractivity contribution in [2.75, 3.05) is 13.7 Å². The number of ether oxygens (including phenoxy) is 1. The Morgan fingerprint density at radius 2 is 1.47 bits per heavy atom. The normalized spacial score (nSPS) is 18.2. The van der Waals surface area contributed by atoms with Crippen LogP contribution in [0, 0.1) is 29.2 Å². The van der Waals surface area contributed by atoms with E-state index in [1.165, 1.54) is 19.2 Å². The van der Waals surface area contributed by atoms with Crippen LogP contribution in [0.15, 0.2) is 48.5 Å².